The highest BCUT2D eigenvalue weighted by atomic mass is 127. The second-order valence-corrected chi connectivity index (χ2v) is 7.11. The van der Waals surface area contributed by atoms with E-state index in [0.29, 0.717) is 5.78 Å². The molecule has 1 aliphatic rings. The van der Waals surface area contributed by atoms with Gasteiger partial charge in [-0.25, -0.2) is 4.39 Å². The maximum Gasteiger partial charge on any atom is 0.148 e. The van der Waals surface area contributed by atoms with E-state index in [1.54, 1.807) is 6.20 Å². The molecule has 0 atom stereocenters. The smallest absolute Gasteiger partial charge is 0.148 e. The van der Waals surface area contributed by atoms with Crippen LogP contribution in [0.15, 0.2) is 22.8 Å². The molecule has 2 aromatic rings. The van der Waals surface area contributed by atoms with E-state index in [2.05, 4.69) is 21.0 Å². The van der Waals surface area contributed by atoms with Gasteiger partial charge in [0.25, 0.3) is 0 Å². The molecule has 1 saturated carbocycles. The Hall–Kier alpha value is -0.960. The van der Waals surface area contributed by atoms with Crippen LogP contribution in [-0.2, 0) is 11.8 Å². The minimum absolute atomic E-state index is 0.228. The Balaban J connectivity index is 0.000000188. The first-order valence-electron chi connectivity index (χ1n) is 7.10. The number of rotatable bonds is 0. The third-order valence-corrected chi connectivity index (χ3v) is 5.63. The van der Waals surface area contributed by atoms with Crippen LogP contribution in [0.25, 0.3) is 0 Å². The van der Waals surface area contributed by atoms with Crippen molar-refractivity contribution in [2.45, 2.75) is 33.1 Å². The predicted octanol–water partition coefficient (Wildman–Crippen LogP) is 4.55. The van der Waals surface area contributed by atoms with Crippen LogP contribution in [0.1, 0.15) is 30.5 Å². The molecule has 0 amide bonds. The lowest BCUT2D eigenvalue weighted by atomic mass is 9.99. The van der Waals surface area contributed by atoms with Gasteiger partial charge in [0, 0.05) is 39.8 Å². The van der Waals surface area contributed by atoms with Crippen molar-refractivity contribution in [1.82, 2.24) is 9.78 Å². The molecule has 23 heavy (non-hydrogen) atoms. The first-order valence-corrected chi connectivity index (χ1v) is 8.97. The molecule has 0 bridgehead atoms. The molecule has 0 spiro atoms. The molecule has 0 saturated heterocycles. The van der Waals surface area contributed by atoms with E-state index >= 15 is 0 Å². The normalized spacial score (nSPS) is 12.5. The van der Waals surface area contributed by atoms with E-state index in [4.69, 9.17) is 5.73 Å². The van der Waals surface area contributed by atoms with Gasteiger partial charge < -0.3 is 5.73 Å². The molecule has 7 heteroatoms. The minimum Gasteiger partial charge on any atom is -0.395 e. The van der Waals surface area contributed by atoms with E-state index in [0.717, 1.165) is 32.9 Å². The third kappa shape index (κ3) is 6.21. The van der Waals surface area contributed by atoms with Crippen molar-refractivity contribution in [2.75, 3.05) is 5.73 Å². The lowest BCUT2D eigenvalue weighted by Gasteiger charge is -2.05. The number of nitrogen functional groups attached to an aromatic ring is 1. The van der Waals surface area contributed by atoms with Crippen molar-refractivity contribution in [3.63, 3.8) is 0 Å². The van der Waals surface area contributed by atoms with Gasteiger partial charge in [-0.05, 0) is 60.6 Å². The van der Waals surface area contributed by atoms with Gasteiger partial charge in [0.15, 0.2) is 0 Å². The predicted molar refractivity (Wildman–Crippen MR) is 103 cm³/mol. The maximum absolute atomic E-state index is 12.9. The van der Waals surface area contributed by atoms with Gasteiger partial charge in [0.05, 0.1) is 5.69 Å². The van der Waals surface area contributed by atoms with Crippen molar-refractivity contribution < 1.29 is 9.18 Å². The zero-order valence-corrected chi connectivity index (χ0v) is 17.1. The number of halogens is 3. The summed E-state index contributed by atoms with van der Waals surface area (Å²) in [5.74, 6) is 0.0666. The number of ketones is 1. The van der Waals surface area contributed by atoms with E-state index in [1.165, 1.54) is 11.8 Å². The Kier molecular flexibility index (Phi) is 8.18. The van der Waals surface area contributed by atoms with Crippen molar-refractivity contribution in [2.24, 2.45) is 7.05 Å². The number of aryl methyl sites for hydroxylation is 2. The number of hydrogen-bond acceptors (Lipinski definition) is 3. The summed E-state index contributed by atoms with van der Waals surface area (Å²) in [4.78, 5) is 9.90. The van der Waals surface area contributed by atoms with Crippen LogP contribution in [0.5, 0.6) is 0 Å². The number of nitrogens with zero attached hydrogens (tertiary/aromatic N) is 2. The minimum atomic E-state index is -0.369. The lowest BCUT2D eigenvalue weighted by molar-refractivity contribution is -0.123. The zero-order valence-electron chi connectivity index (χ0n) is 13.4. The SMILES string of the molecule is Cc1c(Br)cc(F)c(N)c1I.Cc1ccnn1C.O=C1CCC1. The maximum atomic E-state index is 12.9. The molecule has 1 aromatic carbocycles. The second-order valence-electron chi connectivity index (χ2n) is 5.18. The molecule has 1 aromatic heterocycles. The highest BCUT2D eigenvalue weighted by Gasteiger charge is 2.09. The van der Waals surface area contributed by atoms with Crippen molar-refractivity contribution in [1.29, 1.82) is 0 Å². The molecular weight excluding hydrogens is 476 g/mol. The number of aromatic nitrogens is 2. The van der Waals surface area contributed by atoms with Crippen molar-refractivity contribution in [3.05, 3.63) is 43.4 Å². The van der Waals surface area contributed by atoms with Crippen LogP contribution in [0.3, 0.4) is 0 Å². The van der Waals surface area contributed by atoms with Crippen LogP contribution < -0.4 is 5.73 Å². The van der Waals surface area contributed by atoms with E-state index in [-0.39, 0.29) is 11.5 Å². The van der Waals surface area contributed by atoms with Crippen LogP contribution in [0.2, 0.25) is 0 Å². The fourth-order valence-corrected chi connectivity index (χ4v) is 2.79. The number of carbonyl (C=O) groups excluding carboxylic acids is 1. The van der Waals surface area contributed by atoms with E-state index in [1.807, 2.05) is 54.2 Å². The molecule has 126 valence electrons. The first kappa shape index (κ1) is 20.1. The summed E-state index contributed by atoms with van der Waals surface area (Å²) in [6.45, 7) is 3.91. The number of nitrogens with two attached hydrogens (primary N) is 1. The van der Waals surface area contributed by atoms with Crippen LogP contribution in [0.4, 0.5) is 10.1 Å². The highest BCUT2D eigenvalue weighted by molar-refractivity contribution is 14.1. The third-order valence-electron chi connectivity index (χ3n) is 3.41. The fourth-order valence-electron chi connectivity index (χ4n) is 1.47. The Morgan fingerprint density at radius 2 is 1.96 bits per heavy atom. The number of carbonyl (C=O) groups is 1. The fraction of sp³-hybridized carbons (Fsp3) is 0.375. The zero-order chi connectivity index (χ0) is 17.6. The van der Waals surface area contributed by atoms with Gasteiger partial charge in [-0.1, -0.05) is 15.9 Å². The Morgan fingerprint density at radius 3 is 2.26 bits per heavy atom. The van der Waals surface area contributed by atoms with Crippen LogP contribution in [-0.4, -0.2) is 15.6 Å². The summed E-state index contributed by atoms with van der Waals surface area (Å²) in [5.41, 5.74) is 7.85. The molecule has 0 aliphatic heterocycles. The summed E-state index contributed by atoms with van der Waals surface area (Å²) in [6, 6.07) is 3.35. The summed E-state index contributed by atoms with van der Waals surface area (Å²) >= 11 is 5.26. The quantitative estimate of drug-likeness (QED) is 0.430. The summed E-state index contributed by atoms with van der Waals surface area (Å²) in [7, 11) is 1.93. The molecule has 2 N–H and O–H groups in total. The number of benzene rings is 1. The molecule has 0 unspecified atom stereocenters. The Bertz CT molecular complexity index is 639. The Labute approximate surface area is 157 Å². The van der Waals surface area contributed by atoms with Gasteiger partial charge in [0.2, 0.25) is 0 Å². The van der Waals surface area contributed by atoms with Gasteiger partial charge >= 0.3 is 0 Å². The van der Waals surface area contributed by atoms with Crippen LogP contribution in [0, 0.1) is 23.2 Å². The number of anilines is 1. The first-order chi connectivity index (χ1) is 10.7. The van der Waals surface area contributed by atoms with Gasteiger partial charge in [0.1, 0.15) is 11.6 Å². The van der Waals surface area contributed by atoms with Crippen molar-refractivity contribution in [3.8, 4) is 0 Å². The molecule has 1 fully saturated rings. The molecule has 1 heterocycles. The average Bonchev–Trinajstić information content (AvgIpc) is 2.86. The van der Waals surface area contributed by atoms with E-state index < -0.39 is 0 Å². The van der Waals surface area contributed by atoms with Crippen molar-refractivity contribution >= 4 is 50.0 Å². The standard InChI is InChI=1S/C7H6BrFIN.C5H8N2.C4H6O/c1-3-4(8)2-5(9)7(11)6(3)10;1-5-3-4-6-7(5)2;5-4-2-1-3-4/h2H,11H2,1H3;3-4H,1-2H3;1-3H2. The topological polar surface area (TPSA) is 60.9 Å². The average molecular weight is 496 g/mol. The monoisotopic (exact) mass is 495 g/mol. The molecule has 1 aliphatic carbocycles. The largest absolute Gasteiger partial charge is 0.395 e. The lowest BCUT2D eigenvalue weighted by Crippen LogP contribution is -2.07. The Morgan fingerprint density at radius 1 is 1.39 bits per heavy atom. The number of hydrogen-bond donors (Lipinski definition) is 1. The summed E-state index contributed by atoms with van der Waals surface area (Å²) in [6.07, 6.45) is 4.62. The molecular formula is C16H20BrFIN3O. The van der Waals surface area contributed by atoms with Gasteiger partial charge in [-0.3, -0.25) is 9.48 Å². The van der Waals surface area contributed by atoms with E-state index in [9.17, 15) is 9.18 Å². The molecule has 3 rings (SSSR count). The second kappa shape index (κ2) is 9.36. The van der Waals surface area contributed by atoms with Gasteiger partial charge in [-0.15, -0.1) is 0 Å². The van der Waals surface area contributed by atoms with Gasteiger partial charge in [-0.2, -0.15) is 5.10 Å². The highest BCUT2D eigenvalue weighted by Crippen LogP contribution is 2.28. The summed E-state index contributed by atoms with van der Waals surface area (Å²) in [5, 5.41) is 3.93. The molecule has 0 radical (unpaired) electrons. The number of Topliss-reactive ketones (excluding diaryl/α,β-unsaturated/α-hetero) is 1. The molecule has 4 nitrogen and oxygen atoms in total. The summed E-state index contributed by atoms with van der Waals surface area (Å²) < 4.78 is 16.2. The van der Waals surface area contributed by atoms with Crippen LogP contribution >= 0.6 is 38.5 Å².